The van der Waals surface area contributed by atoms with Crippen LogP contribution in [0.3, 0.4) is 0 Å². The van der Waals surface area contributed by atoms with Crippen molar-refractivity contribution in [1.82, 2.24) is 0 Å². The molecule has 0 amide bonds. The maximum atomic E-state index is 14.2. The number of hydrogen-bond donors (Lipinski definition) is 2. The molecule has 0 aromatic heterocycles. The lowest BCUT2D eigenvalue weighted by molar-refractivity contribution is -0.264. The molecule has 8 atom stereocenters. The number of Topliss-reactive ketones (excluding diaryl/α,β-unsaturated/α-hetero) is 1. The van der Waals surface area contributed by atoms with E-state index in [9.17, 15) is 24.6 Å². The van der Waals surface area contributed by atoms with Crippen molar-refractivity contribution in [3.63, 3.8) is 0 Å². The van der Waals surface area contributed by atoms with Crippen LogP contribution in [0.25, 0.3) is 0 Å². The summed E-state index contributed by atoms with van der Waals surface area (Å²) in [6.07, 6.45) is -0.536. The maximum Gasteiger partial charge on any atom is 0.342 e. The SMILES string of the molecule is C=C1C(=O)[C@@]23[C@H](O)C[C@@H]4C(C)(C)CCC[C@@]4(COC(C)=O)[C@@H]2[C@@H](O)C[C@H]1[C@H]3OC(=O)c1cc(Cl)ccc1OC. The summed E-state index contributed by atoms with van der Waals surface area (Å²) in [7, 11) is 1.43. The van der Waals surface area contributed by atoms with Gasteiger partial charge in [0.15, 0.2) is 5.78 Å². The number of ketones is 1. The van der Waals surface area contributed by atoms with Gasteiger partial charge in [0.25, 0.3) is 0 Å². The first kappa shape index (κ1) is 28.1. The summed E-state index contributed by atoms with van der Waals surface area (Å²) in [5.74, 6) is -2.92. The highest BCUT2D eigenvalue weighted by molar-refractivity contribution is 6.31. The normalized spacial score (nSPS) is 38.4. The van der Waals surface area contributed by atoms with Gasteiger partial charge in [0.1, 0.15) is 22.8 Å². The van der Waals surface area contributed by atoms with Gasteiger partial charge in [-0.05, 0) is 60.8 Å². The molecular weight excluding hydrogens is 524 g/mol. The van der Waals surface area contributed by atoms with Gasteiger partial charge in [-0.25, -0.2) is 4.79 Å². The largest absolute Gasteiger partial charge is 0.496 e. The Bertz CT molecular complexity index is 1230. The van der Waals surface area contributed by atoms with Gasteiger partial charge in [0.05, 0.1) is 25.9 Å². The molecule has 39 heavy (non-hydrogen) atoms. The molecule has 212 valence electrons. The van der Waals surface area contributed by atoms with E-state index >= 15 is 0 Å². The lowest BCUT2D eigenvalue weighted by Gasteiger charge is -2.66. The number of benzene rings is 1. The minimum Gasteiger partial charge on any atom is -0.496 e. The summed E-state index contributed by atoms with van der Waals surface area (Å²) < 4.78 is 17.2. The van der Waals surface area contributed by atoms with Crippen LogP contribution in [0, 0.1) is 34.0 Å². The fourth-order valence-electron chi connectivity index (χ4n) is 8.84. The predicted molar refractivity (Wildman–Crippen MR) is 142 cm³/mol. The van der Waals surface area contributed by atoms with Crippen molar-refractivity contribution in [3.8, 4) is 5.75 Å². The van der Waals surface area contributed by atoms with Crippen LogP contribution in [-0.2, 0) is 19.1 Å². The van der Waals surface area contributed by atoms with E-state index in [2.05, 4.69) is 20.4 Å². The number of hydrogen-bond acceptors (Lipinski definition) is 8. The van der Waals surface area contributed by atoms with Gasteiger partial charge >= 0.3 is 11.9 Å². The molecule has 8 nitrogen and oxygen atoms in total. The summed E-state index contributed by atoms with van der Waals surface area (Å²) >= 11 is 6.16. The molecular formula is C30H37ClO8. The Morgan fingerprint density at radius 1 is 1.18 bits per heavy atom. The van der Waals surface area contributed by atoms with E-state index in [1.165, 1.54) is 20.1 Å². The van der Waals surface area contributed by atoms with Crippen LogP contribution in [0.5, 0.6) is 5.75 Å². The number of esters is 2. The average Bonchev–Trinajstić information content (AvgIpc) is 3.00. The number of aliphatic hydroxyl groups is 2. The summed E-state index contributed by atoms with van der Waals surface area (Å²) in [4.78, 5) is 39.9. The van der Waals surface area contributed by atoms with Gasteiger partial charge in [-0.3, -0.25) is 9.59 Å². The van der Waals surface area contributed by atoms with Crippen LogP contribution in [0.2, 0.25) is 5.02 Å². The van der Waals surface area contributed by atoms with Crippen molar-refractivity contribution in [2.45, 2.75) is 71.2 Å². The Hall–Kier alpha value is -2.42. The van der Waals surface area contributed by atoms with E-state index in [-0.39, 0.29) is 53.5 Å². The first-order chi connectivity index (χ1) is 18.3. The van der Waals surface area contributed by atoms with Crippen molar-refractivity contribution in [2.75, 3.05) is 13.7 Å². The molecule has 9 heteroatoms. The molecule has 4 saturated carbocycles. The summed E-state index contributed by atoms with van der Waals surface area (Å²) in [5.41, 5.74) is -2.32. The summed E-state index contributed by atoms with van der Waals surface area (Å²) in [6, 6.07) is 4.58. The Balaban J connectivity index is 1.66. The molecule has 2 bridgehead atoms. The summed E-state index contributed by atoms with van der Waals surface area (Å²) in [6.45, 7) is 9.65. The maximum absolute atomic E-state index is 14.2. The molecule has 4 aliphatic rings. The number of rotatable bonds is 5. The average molecular weight is 561 g/mol. The van der Waals surface area contributed by atoms with E-state index in [1.807, 2.05) is 0 Å². The molecule has 4 fully saturated rings. The number of methoxy groups -OCH3 is 1. The highest BCUT2D eigenvalue weighted by Gasteiger charge is 2.78. The fraction of sp³-hybridized carbons (Fsp3) is 0.633. The third-order valence-electron chi connectivity index (χ3n) is 10.3. The van der Waals surface area contributed by atoms with Crippen molar-refractivity contribution >= 4 is 29.3 Å². The Morgan fingerprint density at radius 3 is 2.56 bits per heavy atom. The van der Waals surface area contributed by atoms with E-state index in [0.717, 1.165) is 12.8 Å². The second kappa shape index (κ2) is 9.60. The van der Waals surface area contributed by atoms with E-state index in [4.69, 9.17) is 25.8 Å². The lowest BCUT2D eigenvalue weighted by Crippen LogP contribution is -2.72. The van der Waals surface area contributed by atoms with Crippen molar-refractivity contribution in [1.29, 1.82) is 0 Å². The van der Waals surface area contributed by atoms with Gasteiger partial charge in [0, 0.05) is 29.2 Å². The molecule has 0 unspecified atom stereocenters. The second-order valence-electron chi connectivity index (χ2n) is 12.5. The standard InChI is InChI=1S/C30H37ClO8/c1-15-18-12-20(33)24-29(14-38-16(2)32)10-6-9-28(3,4)22(29)13-23(34)30(24,25(15)35)26(18)39-27(36)19-11-17(31)7-8-21(19)37-5/h7-8,11,18,20,22-24,26,33-34H,1,6,9-10,12-14H2,2-5H3/t18-,20+,22-,23-,24+,26-,29+,30-/m1/s1. The molecule has 0 saturated heterocycles. The van der Waals surface area contributed by atoms with Crippen molar-refractivity contribution in [3.05, 3.63) is 40.9 Å². The predicted octanol–water partition coefficient (Wildman–Crippen LogP) is 4.14. The highest BCUT2D eigenvalue weighted by Crippen LogP contribution is 2.71. The van der Waals surface area contributed by atoms with Gasteiger partial charge in [-0.1, -0.05) is 38.4 Å². The third kappa shape index (κ3) is 3.97. The Labute approximate surface area is 233 Å². The molecule has 5 rings (SSSR count). The molecule has 0 heterocycles. The van der Waals surface area contributed by atoms with Crippen molar-refractivity contribution in [2.24, 2.45) is 34.0 Å². The lowest BCUT2D eigenvalue weighted by atomic mass is 9.39. The number of fused-ring (bicyclic) bond motifs is 3. The highest BCUT2D eigenvalue weighted by atomic mass is 35.5. The molecule has 1 aromatic carbocycles. The smallest absolute Gasteiger partial charge is 0.342 e. The van der Waals surface area contributed by atoms with Crippen LogP contribution in [-0.4, -0.2) is 60.0 Å². The molecule has 0 radical (unpaired) electrons. The molecule has 1 spiro atoms. The number of carbonyl (C=O) groups is 3. The zero-order valence-electron chi connectivity index (χ0n) is 22.9. The fourth-order valence-corrected chi connectivity index (χ4v) is 9.01. The molecule has 4 aliphatic carbocycles. The molecule has 2 N–H and O–H groups in total. The minimum absolute atomic E-state index is 0.0137. The zero-order chi connectivity index (χ0) is 28.5. The van der Waals surface area contributed by atoms with Crippen molar-refractivity contribution < 1.29 is 38.8 Å². The van der Waals surface area contributed by atoms with Crippen LogP contribution in [0.4, 0.5) is 0 Å². The second-order valence-corrected chi connectivity index (χ2v) is 12.9. The third-order valence-corrected chi connectivity index (χ3v) is 10.5. The van der Waals surface area contributed by atoms with Gasteiger partial charge in [-0.2, -0.15) is 0 Å². The number of carbonyl (C=O) groups excluding carboxylic acids is 3. The molecule has 1 aromatic rings. The van der Waals surface area contributed by atoms with Gasteiger partial charge in [-0.15, -0.1) is 0 Å². The topological polar surface area (TPSA) is 119 Å². The number of halogens is 1. The van der Waals surface area contributed by atoms with Crippen LogP contribution >= 0.6 is 11.6 Å². The number of ether oxygens (including phenoxy) is 3. The van der Waals surface area contributed by atoms with E-state index < -0.39 is 52.9 Å². The molecule has 0 aliphatic heterocycles. The Morgan fingerprint density at radius 2 is 1.90 bits per heavy atom. The van der Waals surface area contributed by atoms with Crippen LogP contribution < -0.4 is 4.74 Å². The minimum atomic E-state index is -1.62. The van der Waals surface area contributed by atoms with Gasteiger partial charge in [0.2, 0.25) is 0 Å². The van der Waals surface area contributed by atoms with Crippen LogP contribution in [0.1, 0.15) is 63.2 Å². The number of aliphatic hydroxyl groups excluding tert-OH is 2. The van der Waals surface area contributed by atoms with Gasteiger partial charge < -0.3 is 24.4 Å². The first-order valence-corrected chi connectivity index (χ1v) is 14.0. The quantitative estimate of drug-likeness (QED) is 0.407. The first-order valence-electron chi connectivity index (χ1n) is 13.6. The van der Waals surface area contributed by atoms with E-state index in [1.54, 1.807) is 12.1 Å². The van der Waals surface area contributed by atoms with Crippen LogP contribution in [0.15, 0.2) is 30.4 Å². The van der Waals surface area contributed by atoms with E-state index in [0.29, 0.717) is 11.4 Å². The monoisotopic (exact) mass is 560 g/mol. The zero-order valence-corrected chi connectivity index (χ0v) is 23.6. The summed E-state index contributed by atoms with van der Waals surface area (Å²) in [5, 5.41) is 24.0. The Kier molecular flexibility index (Phi) is 6.92.